The lowest BCUT2D eigenvalue weighted by Crippen LogP contribution is -2.27. The molecule has 0 spiro atoms. The van der Waals surface area contributed by atoms with Crippen molar-refractivity contribution < 1.29 is 32.2 Å². The van der Waals surface area contributed by atoms with E-state index < -0.39 is 28.4 Å². The summed E-state index contributed by atoms with van der Waals surface area (Å²) in [6.45, 7) is -0.688. The van der Waals surface area contributed by atoms with Crippen molar-refractivity contribution in [2.45, 2.75) is 11.3 Å². The summed E-state index contributed by atoms with van der Waals surface area (Å²) in [6, 6.07) is 10.3. The second-order valence-corrected chi connectivity index (χ2v) is 7.96. The van der Waals surface area contributed by atoms with Gasteiger partial charge in [-0.15, -0.1) is 0 Å². The number of sulfonamides is 1. The first-order valence-corrected chi connectivity index (χ1v) is 10.3. The maximum Gasteiger partial charge on any atom is 0.307 e. The van der Waals surface area contributed by atoms with Crippen LogP contribution in [0.1, 0.15) is 16.8 Å². The van der Waals surface area contributed by atoms with Crippen molar-refractivity contribution >= 4 is 33.4 Å². The molecule has 10 heteroatoms. The highest BCUT2D eigenvalue weighted by atomic mass is 35.5. The molecule has 156 valence electrons. The zero-order valence-corrected chi connectivity index (χ0v) is 17.4. The number of benzene rings is 2. The molecule has 0 saturated heterocycles. The van der Waals surface area contributed by atoms with Gasteiger partial charge in [0, 0.05) is 11.6 Å². The van der Waals surface area contributed by atoms with Crippen LogP contribution in [0.5, 0.6) is 11.5 Å². The topological polar surface area (TPSA) is 108 Å². The fraction of sp³-hybridized carbons (Fsp3) is 0.263. The Hall–Kier alpha value is -2.62. The van der Waals surface area contributed by atoms with Crippen LogP contribution in [0.15, 0.2) is 47.4 Å². The number of ether oxygens (including phenoxy) is 3. The molecule has 0 heterocycles. The van der Waals surface area contributed by atoms with Crippen LogP contribution in [0.2, 0.25) is 5.02 Å². The minimum Gasteiger partial charge on any atom is -0.497 e. The van der Waals surface area contributed by atoms with Gasteiger partial charge in [0.15, 0.2) is 6.61 Å². The Kier molecular flexibility index (Phi) is 8.00. The van der Waals surface area contributed by atoms with Gasteiger partial charge in [0.25, 0.3) is 0 Å². The standard InChI is InChI=1S/C19H20ClNO7S/c1-26-14-5-8-18(27-2)16(11-14)17(22)12-28-19(23)9-10-21-29(24,25)15-6-3-13(20)4-7-15/h3-8,11,21H,9-10,12H2,1-2H3. The van der Waals surface area contributed by atoms with E-state index in [0.717, 1.165) is 0 Å². The molecule has 8 nitrogen and oxygen atoms in total. The zero-order valence-electron chi connectivity index (χ0n) is 15.8. The van der Waals surface area contributed by atoms with Crippen molar-refractivity contribution in [3.05, 3.63) is 53.1 Å². The second kappa shape index (κ2) is 10.2. The molecule has 0 atom stereocenters. The molecule has 0 aromatic heterocycles. The number of carbonyl (C=O) groups excluding carboxylic acids is 2. The van der Waals surface area contributed by atoms with Gasteiger partial charge in [-0.25, -0.2) is 13.1 Å². The van der Waals surface area contributed by atoms with Gasteiger partial charge < -0.3 is 14.2 Å². The van der Waals surface area contributed by atoms with Crippen LogP contribution in [0.25, 0.3) is 0 Å². The number of nitrogens with one attached hydrogen (secondary N) is 1. The van der Waals surface area contributed by atoms with Crippen LogP contribution in [0.4, 0.5) is 0 Å². The van der Waals surface area contributed by atoms with Gasteiger partial charge in [0.1, 0.15) is 11.5 Å². The molecule has 1 N–H and O–H groups in total. The highest BCUT2D eigenvalue weighted by Crippen LogP contribution is 2.24. The van der Waals surface area contributed by atoms with Crippen LogP contribution in [0.3, 0.4) is 0 Å². The van der Waals surface area contributed by atoms with Crippen molar-refractivity contribution in [2.75, 3.05) is 27.4 Å². The summed E-state index contributed by atoms with van der Waals surface area (Å²) in [5.41, 5.74) is 0.211. The molecule has 0 radical (unpaired) electrons. The molecular weight excluding hydrogens is 422 g/mol. The van der Waals surface area contributed by atoms with Crippen LogP contribution in [-0.2, 0) is 19.6 Å². The lowest BCUT2D eigenvalue weighted by Gasteiger charge is -2.10. The minimum atomic E-state index is -3.78. The van der Waals surface area contributed by atoms with Crippen LogP contribution >= 0.6 is 11.6 Å². The van der Waals surface area contributed by atoms with Gasteiger partial charge in [-0.1, -0.05) is 11.6 Å². The van der Waals surface area contributed by atoms with E-state index in [1.165, 1.54) is 44.6 Å². The molecule has 0 saturated carbocycles. The lowest BCUT2D eigenvalue weighted by atomic mass is 10.1. The zero-order chi connectivity index (χ0) is 21.4. The molecule has 0 bridgehead atoms. The number of ketones is 1. The quantitative estimate of drug-likeness (QED) is 0.445. The van der Waals surface area contributed by atoms with Gasteiger partial charge >= 0.3 is 5.97 Å². The second-order valence-electron chi connectivity index (χ2n) is 5.75. The summed E-state index contributed by atoms with van der Waals surface area (Å²) < 4.78 is 41.6. The summed E-state index contributed by atoms with van der Waals surface area (Å²) in [5.74, 6) is -0.422. The highest BCUT2D eigenvalue weighted by Gasteiger charge is 2.17. The fourth-order valence-corrected chi connectivity index (χ4v) is 3.47. The van der Waals surface area contributed by atoms with Gasteiger partial charge in [0.2, 0.25) is 15.8 Å². The molecule has 0 aliphatic heterocycles. The average molecular weight is 442 g/mol. The Bertz CT molecular complexity index is 975. The summed E-state index contributed by atoms with van der Waals surface area (Å²) in [6.07, 6.45) is -0.241. The van der Waals surface area contributed by atoms with Gasteiger partial charge in [-0.2, -0.15) is 0 Å². The monoisotopic (exact) mass is 441 g/mol. The minimum absolute atomic E-state index is 0.0237. The molecule has 2 aromatic rings. The third kappa shape index (κ3) is 6.45. The summed E-state index contributed by atoms with van der Waals surface area (Å²) in [5, 5.41) is 0.407. The first-order chi connectivity index (χ1) is 13.8. The van der Waals surface area contributed by atoms with Crippen molar-refractivity contribution in [2.24, 2.45) is 0 Å². The molecule has 2 aromatic carbocycles. The summed E-state index contributed by atoms with van der Waals surface area (Å²) in [7, 11) is -0.904. The van der Waals surface area contributed by atoms with E-state index >= 15 is 0 Å². The molecule has 0 aliphatic rings. The van der Waals surface area contributed by atoms with Crippen molar-refractivity contribution in [3.8, 4) is 11.5 Å². The van der Waals surface area contributed by atoms with Crippen molar-refractivity contribution in [1.29, 1.82) is 0 Å². The van der Waals surface area contributed by atoms with E-state index in [9.17, 15) is 18.0 Å². The molecular formula is C19H20ClNO7S. The molecule has 0 amide bonds. The number of methoxy groups -OCH3 is 2. The Morgan fingerprint density at radius 1 is 1.03 bits per heavy atom. The molecule has 29 heavy (non-hydrogen) atoms. The third-order valence-corrected chi connectivity index (χ3v) is 5.55. The normalized spacial score (nSPS) is 11.0. The van der Waals surface area contributed by atoms with E-state index in [1.54, 1.807) is 12.1 Å². The largest absolute Gasteiger partial charge is 0.497 e. The maximum atomic E-state index is 12.3. The number of esters is 1. The van der Waals surface area contributed by atoms with Gasteiger partial charge in [0.05, 0.1) is 31.1 Å². The molecule has 2 rings (SSSR count). The van der Waals surface area contributed by atoms with Crippen LogP contribution < -0.4 is 14.2 Å². The Balaban J connectivity index is 1.85. The number of carbonyl (C=O) groups is 2. The molecule has 0 fully saturated rings. The first-order valence-electron chi connectivity index (χ1n) is 8.43. The number of hydrogen-bond acceptors (Lipinski definition) is 7. The smallest absolute Gasteiger partial charge is 0.307 e. The first kappa shape index (κ1) is 22.7. The molecule has 0 aliphatic carbocycles. The van der Waals surface area contributed by atoms with E-state index in [1.807, 2.05) is 0 Å². The number of rotatable bonds is 10. The van der Waals surface area contributed by atoms with Gasteiger partial charge in [-0.3, -0.25) is 9.59 Å². The summed E-state index contributed by atoms with van der Waals surface area (Å²) >= 11 is 5.73. The average Bonchev–Trinajstić information content (AvgIpc) is 2.71. The number of halogens is 1. The van der Waals surface area contributed by atoms with Crippen LogP contribution in [-0.4, -0.2) is 47.5 Å². The van der Waals surface area contributed by atoms with E-state index in [-0.39, 0.29) is 23.4 Å². The van der Waals surface area contributed by atoms with Crippen molar-refractivity contribution in [1.82, 2.24) is 4.72 Å². The van der Waals surface area contributed by atoms with Gasteiger partial charge in [-0.05, 0) is 42.5 Å². The Labute approximate surface area is 173 Å². The highest BCUT2D eigenvalue weighted by molar-refractivity contribution is 7.89. The van der Waals surface area contributed by atoms with Crippen molar-refractivity contribution in [3.63, 3.8) is 0 Å². The Morgan fingerprint density at radius 3 is 2.34 bits per heavy atom. The lowest BCUT2D eigenvalue weighted by molar-refractivity contribution is -0.142. The SMILES string of the molecule is COc1ccc(OC)c(C(=O)COC(=O)CCNS(=O)(=O)c2ccc(Cl)cc2)c1. The number of hydrogen-bond donors (Lipinski definition) is 1. The maximum absolute atomic E-state index is 12.3. The van der Waals surface area contributed by atoms with Crippen LogP contribution in [0, 0.1) is 0 Å². The van der Waals surface area contributed by atoms with E-state index in [4.69, 9.17) is 25.8 Å². The molecule has 0 unspecified atom stereocenters. The third-order valence-electron chi connectivity index (χ3n) is 3.82. The predicted octanol–water partition coefficient (Wildman–Crippen LogP) is 2.45. The summed E-state index contributed by atoms with van der Waals surface area (Å²) in [4.78, 5) is 24.2. The van der Waals surface area contributed by atoms with E-state index in [0.29, 0.717) is 16.5 Å². The van der Waals surface area contributed by atoms with E-state index in [2.05, 4.69) is 4.72 Å². The Morgan fingerprint density at radius 2 is 1.72 bits per heavy atom. The predicted molar refractivity (Wildman–Crippen MR) is 106 cm³/mol. The number of Topliss-reactive ketones (excluding diaryl/α,β-unsaturated/α-hetero) is 1. The fourth-order valence-electron chi connectivity index (χ4n) is 2.31.